The normalized spacial score (nSPS) is 11.5. The standard InChI is InChI=1S/C23H25N5O5S/c1-5-12-27-22(16(3)33-20-9-7-6-8-19(20)32-4)25-26-23(27)34-14-21(29)24-17-11-10-15(2)18(13-17)28(30)31/h5-11,13,16H,1,12,14H2,2-4H3,(H,24,29). The Labute approximate surface area is 201 Å². The Morgan fingerprint density at radius 1 is 1.29 bits per heavy atom. The summed E-state index contributed by atoms with van der Waals surface area (Å²) in [6.45, 7) is 7.70. The number of nitro benzene ring substituents is 1. The molecule has 0 fully saturated rings. The Kier molecular flexibility index (Phi) is 8.25. The molecule has 3 rings (SSSR count). The van der Waals surface area contributed by atoms with Gasteiger partial charge < -0.3 is 14.8 Å². The van der Waals surface area contributed by atoms with Crippen LogP contribution < -0.4 is 14.8 Å². The molecule has 178 valence electrons. The van der Waals surface area contributed by atoms with Crippen molar-refractivity contribution < 1.29 is 19.2 Å². The number of methoxy groups -OCH3 is 1. The number of aromatic nitrogens is 3. The maximum atomic E-state index is 12.5. The van der Waals surface area contributed by atoms with Crippen molar-refractivity contribution in [2.24, 2.45) is 0 Å². The van der Waals surface area contributed by atoms with Crippen LogP contribution in [0.25, 0.3) is 0 Å². The number of ether oxygens (including phenoxy) is 2. The minimum atomic E-state index is -0.479. The van der Waals surface area contributed by atoms with E-state index in [2.05, 4.69) is 22.1 Å². The van der Waals surface area contributed by atoms with E-state index in [1.165, 1.54) is 17.8 Å². The van der Waals surface area contributed by atoms with Crippen molar-refractivity contribution in [3.63, 3.8) is 0 Å². The summed E-state index contributed by atoms with van der Waals surface area (Å²) in [5.74, 6) is 1.47. The van der Waals surface area contributed by atoms with Crippen molar-refractivity contribution in [3.8, 4) is 11.5 Å². The Morgan fingerprint density at radius 2 is 2.03 bits per heavy atom. The van der Waals surface area contributed by atoms with Gasteiger partial charge >= 0.3 is 0 Å². The number of nitro groups is 1. The number of aryl methyl sites for hydroxylation is 1. The molecule has 1 unspecified atom stereocenters. The van der Waals surface area contributed by atoms with Crippen molar-refractivity contribution in [1.29, 1.82) is 0 Å². The molecule has 11 heteroatoms. The highest BCUT2D eigenvalue weighted by atomic mass is 32.2. The van der Waals surface area contributed by atoms with Gasteiger partial charge in [0.05, 0.1) is 17.8 Å². The summed E-state index contributed by atoms with van der Waals surface area (Å²) in [7, 11) is 1.57. The molecule has 0 radical (unpaired) electrons. The van der Waals surface area contributed by atoms with E-state index < -0.39 is 11.0 Å². The van der Waals surface area contributed by atoms with Gasteiger partial charge in [-0.25, -0.2) is 0 Å². The average Bonchev–Trinajstić information content (AvgIpc) is 3.22. The van der Waals surface area contributed by atoms with Crippen molar-refractivity contribution in [1.82, 2.24) is 14.8 Å². The smallest absolute Gasteiger partial charge is 0.274 e. The number of hydrogen-bond donors (Lipinski definition) is 1. The number of allylic oxidation sites excluding steroid dienone is 1. The van der Waals surface area contributed by atoms with Crippen LogP contribution in [-0.4, -0.2) is 38.5 Å². The second kappa shape index (κ2) is 11.3. The number of carbonyl (C=O) groups is 1. The van der Waals surface area contributed by atoms with Gasteiger partial charge in [-0.3, -0.25) is 19.5 Å². The maximum Gasteiger partial charge on any atom is 0.274 e. The first-order valence-corrected chi connectivity index (χ1v) is 11.3. The summed E-state index contributed by atoms with van der Waals surface area (Å²) < 4.78 is 13.2. The molecule has 1 atom stereocenters. The van der Waals surface area contributed by atoms with Crippen LogP contribution in [0.3, 0.4) is 0 Å². The maximum absolute atomic E-state index is 12.5. The summed E-state index contributed by atoms with van der Waals surface area (Å²) in [6, 6.07) is 11.9. The van der Waals surface area contributed by atoms with E-state index in [9.17, 15) is 14.9 Å². The number of amides is 1. The van der Waals surface area contributed by atoms with E-state index in [-0.39, 0.29) is 17.3 Å². The van der Waals surface area contributed by atoms with Gasteiger partial charge in [-0.05, 0) is 32.0 Å². The van der Waals surface area contributed by atoms with E-state index in [0.717, 1.165) is 0 Å². The zero-order valence-corrected chi connectivity index (χ0v) is 19.9. The predicted molar refractivity (Wildman–Crippen MR) is 129 cm³/mol. The van der Waals surface area contributed by atoms with E-state index in [1.807, 2.05) is 23.6 Å². The molecule has 3 aromatic rings. The lowest BCUT2D eigenvalue weighted by Gasteiger charge is -2.17. The quantitative estimate of drug-likeness (QED) is 0.182. The molecule has 0 aliphatic carbocycles. The zero-order valence-electron chi connectivity index (χ0n) is 19.1. The lowest BCUT2D eigenvalue weighted by molar-refractivity contribution is -0.385. The van der Waals surface area contributed by atoms with Crippen molar-refractivity contribution >= 4 is 29.0 Å². The van der Waals surface area contributed by atoms with Crippen LogP contribution in [0.1, 0.15) is 24.4 Å². The highest BCUT2D eigenvalue weighted by Crippen LogP contribution is 2.31. The minimum Gasteiger partial charge on any atom is -0.493 e. The van der Waals surface area contributed by atoms with E-state index in [1.54, 1.807) is 44.4 Å². The first kappa shape index (κ1) is 24.8. The Balaban J connectivity index is 1.69. The van der Waals surface area contributed by atoms with Gasteiger partial charge in [-0.15, -0.1) is 16.8 Å². The monoisotopic (exact) mass is 483 g/mol. The van der Waals surface area contributed by atoms with Gasteiger partial charge in [-0.1, -0.05) is 36.0 Å². The number of carbonyl (C=O) groups excluding carboxylic acids is 1. The molecule has 0 saturated carbocycles. The zero-order chi connectivity index (χ0) is 24.7. The van der Waals surface area contributed by atoms with Crippen LogP contribution in [0.4, 0.5) is 11.4 Å². The van der Waals surface area contributed by atoms with E-state index in [0.29, 0.717) is 40.3 Å². The molecule has 0 aliphatic heterocycles. The van der Waals surface area contributed by atoms with Gasteiger partial charge in [-0.2, -0.15) is 0 Å². The number of rotatable bonds is 11. The molecule has 0 aliphatic rings. The highest BCUT2D eigenvalue weighted by molar-refractivity contribution is 7.99. The number of anilines is 1. The van der Waals surface area contributed by atoms with Gasteiger partial charge in [0.2, 0.25) is 5.91 Å². The number of thioether (sulfide) groups is 1. The van der Waals surface area contributed by atoms with E-state index in [4.69, 9.17) is 9.47 Å². The molecule has 0 saturated heterocycles. The lowest BCUT2D eigenvalue weighted by Crippen LogP contribution is -2.16. The minimum absolute atomic E-state index is 0.0404. The van der Waals surface area contributed by atoms with Gasteiger partial charge in [0.1, 0.15) is 0 Å². The fourth-order valence-corrected chi connectivity index (χ4v) is 3.93. The topological polar surface area (TPSA) is 121 Å². The Bertz CT molecular complexity index is 1200. The summed E-state index contributed by atoms with van der Waals surface area (Å²) >= 11 is 1.20. The molecule has 2 aromatic carbocycles. The largest absolute Gasteiger partial charge is 0.493 e. The van der Waals surface area contributed by atoms with Crippen LogP contribution in [0.5, 0.6) is 11.5 Å². The summed E-state index contributed by atoms with van der Waals surface area (Å²) in [5, 5.41) is 22.8. The van der Waals surface area contributed by atoms with Crippen LogP contribution in [0, 0.1) is 17.0 Å². The number of benzene rings is 2. The summed E-state index contributed by atoms with van der Waals surface area (Å²) in [6.07, 6.45) is 1.26. The first-order chi connectivity index (χ1) is 16.3. The van der Waals surface area contributed by atoms with Crippen molar-refractivity contribution in [3.05, 3.63) is 76.6 Å². The molecule has 0 spiro atoms. The van der Waals surface area contributed by atoms with E-state index >= 15 is 0 Å². The molecule has 1 aromatic heterocycles. The molecule has 10 nitrogen and oxygen atoms in total. The molecule has 1 amide bonds. The van der Waals surface area contributed by atoms with Gasteiger partial charge in [0, 0.05) is 23.9 Å². The number of para-hydroxylation sites is 2. The van der Waals surface area contributed by atoms with Crippen LogP contribution in [-0.2, 0) is 11.3 Å². The summed E-state index contributed by atoms with van der Waals surface area (Å²) in [4.78, 5) is 23.1. The van der Waals surface area contributed by atoms with Crippen LogP contribution in [0.15, 0.2) is 60.3 Å². The summed E-state index contributed by atoms with van der Waals surface area (Å²) in [5.41, 5.74) is 0.826. The third-order valence-corrected chi connectivity index (χ3v) is 5.78. The fraction of sp³-hybridized carbons (Fsp3) is 0.261. The van der Waals surface area contributed by atoms with Gasteiger partial charge in [0.25, 0.3) is 5.69 Å². The Morgan fingerprint density at radius 3 is 2.71 bits per heavy atom. The lowest BCUT2D eigenvalue weighted by atomic mass is 10.2. The third-order valence-electron chi connectivity index (χ3n) is 4.82. The fourth-order valence-electron chi connectivity index (χ4n) is 3.18. The van der Waals surface area contributed by atoms with Crippen molar-refractivity contribution in [2.45, 2.75) is 31.7 Å². The van der Waals surface area contributed by atoms with Crippen LogP contribution >= 0.6 is 11.8 Å². The molecule has 0 bridgehead atoms. The number of nitrogens with one attached hydrogen (secondary N) is 1. The molecule has 1 N–H and O–H groups in total. The van der Waals surface area contributed by atoms with Crippen molar-refractivity contribution in [2.75, 3.05) is 18.2 Å². The number of hydrogen-bond acceptors (Lipinski definition) is 8. The number of nitrogens with zero attached hydrogens (tertiary/aromatic N) is 4. The second-order valence-electron chi connectivity index (χ2n) is 7.25. The first-order valence-electron chi connectivity index (χ1n) is 10.3. The average molecular weight is 484 g/mol. The third kappa shape index (κ3) is 5.93. The van der Waals surface area contributed by atoms with Gasteiger partial charge in [0.15, 0.2) is 28.6 Å². The second-order valence-corrected chi connectivity index (χ2v) is 8.19. The molecular formula is C23H25N5O5S. The predicted octanol–water partition coefficient (Wildman–Crippen LogP) is 4.56. The van der Waals surface area contributed by atoms with Crippen LogP contribution in [0.2, 0.25) is 0 Å². The highest BCUT2D eigenvalue weighted by Gasteiger charge is 2.21. The molecule has 34 heavy (non-hydrogen) atoms. The SMILES string of the molecule is C=CCn1c(SCC(=O)Nc2ccc(C)c([N+](=O)[O-])c2)nnc1C(C)Oc1ccccc1OC. The molecular weight excluding hydrogens is 458 g/mol. The Hall–Kier alpha value is -3.86. The molecule has 1 heterocycles.